The molecule has 76 valence electrons. The minimum absolute atomic E-state index is 0.0632. The Bertz CT molecular complexity index is 293. The van der Waals surface area contributed by atoms with E-state index in [9.17, 15) is 9.90 Å². The molecule has 0 aromatic heterocycles. The average molecular weight is 194 g/mol. The first-order valence-corrected chi connectivity index (χ1v) is 4.62. The van der Waals surface area contributed by atoms with Gasteiger partial charge in [0.1, 0.15) is 11.6 Å². The van der Waals surface area contributed by atoms with Gasteiger partial charge in [-0.05, 0) is 12.3 Å². The second-order valence-electron chi connectivity index (χ2n) is 3.67. The predicted molar refractivity (Wildman–Crippen MR) is 51.1 cm³/mol. The largest absolute Gasteiger partial charge is 0.391 e. The van der Waals surface area contributed by atoms with Gasteiger partial charge in [-0.25, -0.2) is 0 Å². The van der Waals surface area contributed by atoms with Gasteiger partial charge in [-0.1, -0.05) is 13.5 Å². The topological polar surface area (TPSA) is 64.3 Å². The lowest BCUT2D eigenvalue weighted by atomic mass is 9.96. The van der Waals surface area contributed by atoms with Crippen molar-refractivity contribution in [2.45, 2.75) is 19.4 Å². The number of piperidine rings is 1. The smallest absolute Gasteiger partial charge is 0.263 e. The number of β-amino-alcohol motifs (C(OH)–C–C–N with tert-alkyl or cyclic N) is 1. The molecular formula is C10H14N2O2. The molecular weight excluding hydrogens is 180 g/mol. The van der Waals surface area contributed by atoms with Crippen LogP contribution in [0, 0.1) is 17.2 Å². The normalized spacial score (nSPS) is 26.8. The quantitative estimate of drug-likeness (QED) is 0.482. The van der Waals surface area contributed by atoms with E-state index in [-0.39, 0.29) is 17.4 Å². The number of hydrogen-bond donors (Lipinski definition) is 1. The van der Waals surface area contributed by atoms with Gasteiger partial charge in [0.25, 0.3) is 5.91 Å². The number of aliphatic hydroxyl groups is 1. The van der Waals surface area contributed by atoms with E-state index >= 15 is 0 Å². The first-order chi connectivity index (χ1) is 6.56. The van der Waals surface area contributed by atoms with E-state index in [4.69, 9.17) is 5.26 Å². The highest BCUT2D eigenvalue weighted by Gasteiger charge is 2.28. The number of nitriles is 1. The highest BCUT2D eigenvalue weighted by molar-refractivity contribution is 5.96. The Morgan fingerprint density at radius 2 is 2.36 bits per heavy atom. The fraction of sp³-hybridized carbons (Fsp3) is 0.600. The second-order valence-corrected chi connectivity index (χ2v) is 3.67. The van der Waals surface area contributed by atoms with E-state index in [0.29, 0.717) is 13.1 Å². The van der Waals surface area contributed by atoms with Crippen LogP contribution in [0.1, 0.15) is 13.3 Å². The van der Waals surface area contributed by atoms with Gasteiger partial charge in [0.15, 0.2) is 0 Å². The lowest BCUT2D eigenvalue weighted by Gasteiger charge is -2.33. The number of carbonyl (C=O) groups is 1. The number of carbonyl (C=O) groups excluding carboxylic acids is 1. The van der Waals surface area contributed by atoms with Gasteiger partial charge in [0, 0.05) is 13.1 Å². The van der Waals surface area contributed by atoms with Crippen molar-refractivity contribution in [3.05, 3.63) is 12.2 Å². The molecule has 0 radical (unpaired) electrons. The van der Waals surface area contributed by atoms with Crippen LogP contribution in [0.5, 0.6) is 0 Å². The third-order valence-corrected chi connectivity index (χ3v) is 2.60. The lowest BCUT2D eigenvalue weighted by molar-refractivity contribution is -0.130. The minimum atomic E-state index is -0.487. The molecule has 4 heteroatoms. The highest BCUT2D eigenvalue weighted by Crippen LogP contribution is 2.17. The van der Waals surface area contributed by atoms with E-state index in [1.807, 2.05) is 6.92 Å². The summed E-state index contributed by atoms with van der Waals surface area (Å²) in [7, 11) is 0. The molecule has 1 aliphatic heterocycles. The third-order valence-electron chi connectivity index (χ3n) is 2.60. The average Bonchev–Trinajstić information content (AvgIpc) is 2.20. The Balaban J connectivity index is 2.60. The fourth-order valence-electron chi connectivity index (χ4n) is 1.47. The molecule has 0 aromatic rings. The highest BCUT2D eigenvalue weighted by atomic mass is 16.3. The molecule has 2 atom stereocenters. The number of rotatable bonds is 1. The SMILES string of the molecule is C=C(C#N)C(=O)N1CCC(C)C(O)C1. The zero-order valence-electron chi connectivity index (χ0n) is 8.23. The molecule has 0 aliphatic carbocycles. The van der Waals surface area contributed by atoms with Crippen molar-refractivity contribution in [3.8, 4) is 6.07 Å². The van der Waals surface area contributed by atoms with Gasteiger partial charge in [0.2, 0.25) is 0 Å². The maximum absolute atomic E-state index is 11.5. The van der Waals surface area contributed by atoms with Gasteiger partial charge in [-0.2, -0.15) is 5.26 Å². The van der Waals surface area contributed by atoms with Gasteiger partial charge in [-0.15, -0.1) is 0 Å². The predicted octanol–water partition coefficient (Wildman–Crippen LogP) is 0.295. The van der Waals surface area contributed by atoms with Crippen LogP contribution < -0.4 is 0 Å². The van der Waals surface area contributed by atoms with Crippen LogP contribution in [-0.4, -0.2) is 35.1 Å². The lowest BCUT2D eigenvalue weighted by Crippen LogP contribution is -2.46. The summed E-state index contributed by atoms with van der Waals surface area (Å²) in [6, 6.07) is 1.72. The summed E-state index contributed by atoms with van der Waals surface area (Å²) in [4.78, 5) is 13.0. The number of amides is 1. The van der Waals surface area contributed by atoms with Gasteiger partial charge in [0.05, 0.1) is 6.10 Å². The first kappa shape index (κ1) is 10.7. The molecule has 0 spiro atoms. The maximum Gasteiger partial charge on any atom is 0.263 e. The second kappa shape index (κ2) is 4.25. The van der Waals surface area contributed by atoms with Crippen molar-refractivity contribution in [1.29, 1.82) is 5.26 Å². The number of likely N-dealkylation sites (tertiary alicyclic amines) is 1. The van der Waals surface area contributed by atoms with E-state index in [1.165, 1.54) is 4.90 Å². The Morgan fingerprint density at radius 1 is 1.71 bits per heavy atom. The van der Waals surface area contributed by atoms with E-state index in [2.05, 4.69) is 6.58 Å². The van der Waals surface area contributed by atoms with Crippen molar-refractivity contribution in [3.63, 3.8) is 0 Å². The summed E-state index contributed by atoms with van der Waals surface area (Å²) in [5.74, 6) is -0.146. The summed E-state index contributed by atoms with van der Waals surface area (Å²) in [6.45, 7) is 6.21. The maximum atomic E-state index is 11.5. The molecule has 1 fully saturated rings. The summed E-state index contributed by atoms with van der Waals surface area (Å²) in [5.41, 5.74) is -0.0632. The van der Waals surface area contributed by atoms with Crippen LogP contribution in [0.25, 0.3) is 0 Å². The fourth-order valence-corrected chi connectivity index (χ4v) is 1.47. The van der Waals surface area contributed by atoms with Crippen molar-refractivity contribution >= 4 is 5.91 Å². The minimum Gasteiger partial charge on any atom is -0.391 e. The van der Waals surface area contributed by atoms with E-state index in [1.54, 1.807) is 6.07 Å². The van der Waals surface area contributed by atoms with Crippen LogP contribution in [0.2, 0.25) is 0 Å². The third kappa shape index (κ3) is 2.12. The van der Waals surface area contributed by atoms with E-state index in [0.717, 1.165) is 6.42 Å². The molecule has 1 saturated heterocycles. The summed E-state index contributed by atoms with van der Waals surface area (Å²) < 4.78 is 0. The van der Waals surface area contributed by atoms with E-state index < -0.39 is 6.10 Å². The monoisotopic (exact) mass is 194 g/mol. The molecule has 1 rings (SSSR count). The molecule has 1 heterocycles. The summed E-state index contributed by atoms with van der Waals surface area (Å²) in [5, 5.41) is 18.0. The van der Waals surface area contributed by atoms with Gasteiger partial charge >= 0.3 is 0 Å². The van der Waals surface area contributed by atoms with Crippen LogP contribution in [0.15, 0.2) is 12.2 Å². The molecule has 0 saturated carbocycles. The Kier molecular flexibility index (Phi) is 3.26. The van der Waals surface area contributed by atoms with Crippen LogP contribution in [-0.2, 0) is 4.79 Å². The standard InChI is InChI=1S/C10H14N2O2/c1-7-3-4-12(6-9(7)13)10(14)8(2)5-11/h7,9,13H,2-4,6H2,1H3. The van der Waals surface area contributed by atoms with Crippen molar-refractivity contribution in [2.75, 3.05) is 13.1 Å². The molecule has 0 aromatic carbocycles. The zero-order chi connectivity index (χ0) is 10.7. The summed E-state index contributed by atoms with van der Waals surface area (Å²) >= 11 is 0. The Morgan fingerprint density at radius 3 is 2.86 bits per heavy atom. The van der Waals surface area contributed by atoms with Gasteiger partial charge in [-0.3, -0.25) is 4.79 Å². The Labute approximate surface area is 83.4 Å². The molecule has 1 amide bonds. The first-order valence-electron chi connectivity index (χ1n) is 4.62. The van der Waals surface area contributed by atoms with Crippen molar-refractivity contribution in [1.82, 2.24) is 4.90 Å². The Hall–Kier alpha value is -1.34. The molecule has 4 nitrogen and oxygen atoms in total. The number of hydrogen-bond acceptors (Lipinski definition) is 3. The molecule has 14 heavy (non-hydrogen) atoms. The van der Waals surface area contributed by atoms with Crippen molar-refractivity contribution < 1.29 is 9.90 Å². The number of aliphatic hydroxyl groups excluding tert-OH is 1. The number of nitrogens with zero attached hydrogens (tertiary/aromatic N) is 2. The molecule has 0 bridgehead atoms. The van der Waals surface area contributed by atoms with Crippen LogP contribution >= 0.6 is 0 Å². The zero-order valence-corrected chi connectivity index (χ0v) is 8.23. The molecule has 2 unspecified atom stereocenters. The molecule has 1 N–H and O–H groups in total. The van der Waals surface area contributed by atoms with Crippen molar-refractivity contribution in [2.24, 2.45) is 5.92 Å². The van der Waals surface area contributed by atoms with Gasteiger partial charge < -0.3 is 10.0 Å². The summed E-state index contributed by atoms with van der Waals surface area (Å²) in [6.07, 6.45) is 0.283. The van der Waals surface area contributed by atoms with Crippen LogP contribution in [0.4, 0.5) is 0 Å². The van der Waals surface area contributed by atoms with Crippen LogP contribution in [0.3, 0.4) is 0 Å². The molecule has 1 aliphatic rings.